The van der Waals surface area contributed by atoms with Crippen molar-refractivity contribution in [2.24, 2.45) is 5.41 Å². The number of hydrogen-bond acceptors (Lipinski definition) is 5. The molecule has 0 rings (SSSR count). The Labute approximate surface area is 114 Å². The smallest absolute Gasteiger partial charge is 0.333 e. The van der Waals surface area contributed by atoms with E-state index in [1.54, 1.807) is 13.8 Å². The normalized spacial score (nSPS) is 12.7. The quantitative estimate of drug-likeness (QED) is 0.539. The Balaban J connectivity index is 3.87. The number of esters is 2. The second-order valence-electron chi connectivity index (χ2n) is 5.19. The lowest BCUT2D eigenvalue weighted by Gasteiger charge is -2.20. The number of rotatable bonds is 8. The van der Waals surface area contributed by atoms with Crippen molar-refractivity contribution in [1.29, 1.82) is 0 Å². The molecule has 0 aliphatic rings. The maximum Gasteiger partial charge on any atom is 0.333 e. The van der Waals surface area contributed by atoms with Crippen molar-refractivity contribution in [2.45, 2.75) is 46.6 Å². The minimum absolute atomic E-state index is 0.105. The molecule has 0 bridgehead atoms. The summed E-state index contributed by atoms with van der Waals surface area (Å²) in [6.07, 6.45) is 0.0698. The summed E-state index contributed by atoms with van der Waals surface area (Å²) in [6.45, 7) is 10.5. The van der Waals surface area contributed by atoms with E-state index in [9.17, 15) is 14.7 Å². The molecule has 0 aliphatic heterocycles. The second-order valence-corrected chi connectivity index (χ2v) is 5.19. The summed E-state index contributed by atoms with van der Waals surface area (Å²) in [5, 5.41) is 9.55. The zero-order chi connectivity index (χ0) is 15.1. The van der Waals surface area contributed by atoms with Crippen LogP contribution >= 0.6 is 0 Å². The Kier molecular flexibility index (Phi) is 7.37. The molecule has 1 unspecified atom stereocenters. The van der Waals surface area contributed by atoms with Crippen molar-refractivity contribution < 1.29 is 24.2 Å². The van der Waals surface area contributed by atoms with Gasteiger partial charge in [-0.15, -0.1) is 0 Å². The van der Waals surface area contributed by atoms with Crippen molar-refractivity contribution in [3.63, 3.8) is 0 Å². The third-order valence-electron chi connectivity index (χ3n) is 2.88. The maximum absolute atomic E-state index is 11.6. The van der Waals surface area contributed by atoms with E-state index in [-0.39, 0.29) is 31.2 Å². The molecular formula is C14H24O5. The summed E-state index contributed by atoms with van der Waals surface area (Å²) in [4.78, 5) is 22.7. The van der Waals surface area contributed by atoms with Gasteiger partial charge in [0.2, 0.25) is 0 Å². The number of carbonyl (C=O) groups is 2. The highest BCUT2D eigenvalue weighted by Crippen LogP contribution is 2.21. The van der Waals surface area contributed by atoms with Gasteiger partial charge >= 0.3 is 11.9 Å². The van der Waals surface area contributed by atoms with E-state index in [0.29, 0.717) is 6.42 Å². The molecule has 5 heteroatoms. The van der Waals surface area contributed by atoms with Crippen LogP contribution in [-0.4, -0.2) is 36.4 Å². The average molecular weight is 272 g/mol. The molecule has 5 nitrogen and oxygen atoms in total. The summed E-state index contributed by atoms with van der Waals surface area (Å²) in [7, 11) is 0. The van der Waals surface area contributed by atoms with E-state index in [1.807, 2.05) is 6.92 Å². The largest absolute Gasteiger partial charge is 0.465 e. The van der Waals surface area contributed by atoms with Crippen LogP contribution < -0.4 is 0 Å². The zero-order valence-electron chi connectivity index (χ0n) is 12.2. The number of hydrogen-bond donors (Lipinski definition) is 1. The van der Waals surface area contributed by atoms with E-state index in [1.165, 1.54) is 6.92 Å². The Hall–Kier alpha value is -1.36. The SMILES string of the molecule is C=C(C)C(=O)OCC(O)CCOC(=O)C(C)(C)CC. The molecule has 1 atom stereocenters. The molecule has 0 aliphatic carbocycles. The third-order valence-corrected chi connectivity index (χ3v) is 2.88. The fraction of sp³-hybridized carbons (Fsp3) is 0.714. The van der Waals surface area contributed by atoms with Crippen LogP contribution in [0.15, 0.2) is 12.2 Å². The fourth-order valence-corrected chi connectivity index (χ4v) is 1.01. The summed E-state index contributed by atoms with van der Waals surface area (Å²) >= 11 is 0. The minimum atomic E-state index is -0.846. The lowest BCUT2D eigenvalue weighted by molar-refractivity contribution is -0.155. The van der Waals surface area contributed by atoms with E-state index in [2.05, 4.69) is 6.58 Å². The van der Waals surface area contributed by atoms with Gasteiger partial charge in [0.1, 0.15) is 6.61 Å². The van der Waals surface area contributed by atoms with Crippen LogP contribution in [0.1, 0.15) is 40.5 Å². The Bertz CT molecular complexity index is 333. The van der Waals surface area contributed by atoms with Gasteiger partial charge in [-0.2, -0.15) is 0 Å². The van der Waals surface area contributed by atoms with Crippen molar-refractivity contribution in [1.82, 2.24) is 0 Å². The van der Waals surface area contributed by atoms with E-state index < -0.39 is 17.5 Å². The lowest BCUT2D eigenvalue weighted by atomic mass is 9.91. The van der Waals surface area contributed by atoms with Gasteiger partial charge in [0.25, 0.3) is 0 Å². The van der Waals surface area contributed by atoms with E-state index >= 15 is 0 Å². The number of carbonyl (C=O) groups excluding carboxylic acids is 2. The molecule has 0 amide bonds. The van der Waals surface area contributed by atoms with E-state index in [0.717, 1.165) is 0 Å². The summed E-state index contributed by atoms with van der Waals surface area (Å²) < 4.78 is 9.85. The Morgan fingerprint density at radius 3 is 2.37 bits per heavy atom. The molecule has 0 spiro atoms. The molecule has 19 heavy (non-hydrogen) atoms. The standard InChI is InChI=1S/C14H24O5/c1-6-14(4,5)13(17)18-8-7-11(15)9-19-12(16)10(2)3/h11,15H,2,6-9H2,1,3-5H3. The number of ether oxygens (including phenoxy) is 2. The van der Waals surface area contributed by atoms with Crippen molar-refractivity contribution in [3.05, 3.63) is 12.2 Å². The molecule has 0 saturated heterocycles. The summed E-state index contributed by atoms with van der Waals surface area (Å²) in [5.74, 6) is -0.829. The zero-order valence-corrected chi connectivity index (χ0v) is 12.2. The lowest BCUT2D eigenvalue weighted by Crippen LogP contribution is -2.27. The molecule has 0 aromatic carbocycles. The number of aliphatic hydroxyl groups is 1. The van der Waals surface area contributed by atoms with Gasteiger partial charge < -0.3 is 14.6 Å². The van der Waals surface area contributed by atoms with Crippen LogP contribution in [0, 0.1) is 5.41 Å². The maximum atomic E-state index is 11.6. The first-order chi connectivity index (χ1) is 8.70. The highest BCUT2D eigenvalue weighted by atomic mass is 16.5. The van der Waals surface area contributed by atoms with Crippen molar-refractivity contribution >= 4 is 11.9 Å². The molecule has 110 valence electrons. The van der Waals surface area contributed by atoms with Crippen LogP contribution in [-0.2, 0) is 19.1 Å². The predicted molar refractivity (Wildman–Crippen MR) is 71.4 cm³/mol. The summed E-state index contributed by atoms with van der Waals surface area (Å²) in [5.41, 5.74) is -0.236. The minimum Gasteiger partial charge on any atom is -0.465 e. The van der Waals surface area contributed by atoms with Crippen LogP contribution in [0.25, 0.3) is 0 Å². The third kappa shape index (κ3) is 6.96. The Morgan fingerprint density at radius 2 is 1.89 bits per heavy atom. The van der Waals surface area contributed by atoms with Gasteiger partial charge in [-0.3, -0.25) is 4.79 Å². The van der Waals surface area contributed by atoms with Gasteiger partial charge in [0, 0.05) is 12.0 Å². The highest BCUT2D eigenvalue weighted by molar-refractivity contribution is 5.86. The molecule has 0 aromatic rings. The molecule has 1 N–H and O–H groups in total. The predicted octanol–water partition coefficient (Wildman–Crippen LogP) is 1.84. The first-order valence-electron chi connectivity index (χ1n) is 6.38. The monoisotopic (exact) mass is 272 g/mol. The fourth-order valence-electron chi connectivity index (χ4n) is 1.01. The van der Waals surface area contributed by atoms with Gasteiger partial charge in [0.05, 0.1) is 18.1 Å². The Morgan fingerprint density at radius 1 is 1.32 bits per heavy atom. The van der Waals surface area contributed by atoms with Crippen LogP contribution in [0.3, 0.4) is 0 Å². The topological polar surface area (TPSA) is 72.8 Å². The average Bonchev–Trinajstić information content (AvgIpc) is 2.35. The number of aliphatic hydroxyl groups excluding tert-OH is 1. The van der Waals surface area contributed by atoms with Crippen molar-refractivity contribution in [2.75, 3.05) is 13.2 Å². The molecule has 0 heterocycles. The van der Waals surface area contributed by atoms with Crippen LogP contribution in [0.2, 0.25) is 0 Å². The van der Waals surface area contributed by atoms with Gasteiger partial charge in [-0.1, -0.05) is 13.5 Å². The first-order valence-corrected chi connectivity index (χ1v) is 6.38. The van der Waals surface area contributed by atoms with Crippen molar-refractivity contribution in [3.8, 4) is 0 Å². The summed E-state index contributed by atoms with van der Waals surface area (Å²) in [6, 6.07) is 0. The molecular weight excluding hydrogens is 248 g/mol. The highest BCUT2D eigenvalue weighted by Gasteiger charge is 2.27. The van der Waals surface area contributed by atoms with Crippen LogP contribution in [0.4, 0.5) is 0 Å². The van der Waals surface area contributed by atoms with E-state index in [4.69, 9.17) is 9.47 Å². The first kappa shape index (κ1) is 17.6. The van der Waals surface area contributed by atoms with Crippen LogP contribution in [0.5, 0.6) is 0 Å². The molecule has 0 fully saturated rings. The van der Waals surface area contributed by atoms with Gasteiger partial charge in [-0.05, 0) is 27.2 Å². The molecule has 0 saturated carbocycles. The molecule has 0 aromatic heterocycles. The van der Waals surface area contributed by atoms with Gasteiger partial charge in [0.15, 0.2) is 0 Å². The van der Waals surface area contributed by atoms with Gasteiger partial charge in [-0.25, -0.2) is 4.79 Å². The molecule has 0 radical (unpaired) electrons. The second kappa shape index (κ2) is 7.94.